The lowest BCUT2D eigenvalue weighted by Crippen LogP contribution is -2.45. The van der Waals surface area contributed by atoms with Crippen molar-refractivity contribution < 1.29 is 14.7 Å². The summed E-state index contributed by atoms with van der Waals surface area (Å²) in [5.74, 6) is -0.683. The molecule has 1 aliphatic carbocycles. The molecule has 1 aliphatic heterocycles. The Morgan fingerprint density at radius 2 is 1.86 bits per heavy atom. The number of amides is 1. The van der Waals surface area contributed by atoms with Gasteiger partial charge in [-0.1, -0.05) is 23.7 Å². The van der Waals surface area contributed by atoms with E-state index < -0.39 is 5.97 Å². The second kappa shape index (κ2) is 6.29. The zero-order chi connectivity index (χ0) is 15.7. The second-order valence-electron chi connectivity index (χ2n) is 6.37. The van der Waals surface area contributed by atoms with Gasteiger partial charge < -0.3 is 10.0 Å². The minimum absolute atomic E-state index is 0.000463. The van der Waals surface area contributed by atoms with Crippen molar-refractivity contribution in [1.82, 2.24) is 4.90 Å². The number of hydrogen-bond acceptors (Lipinski definition) is 2. The number of hydrogen-bond donors (Lipinski definition) is 1. The van der Waals surface area contributed by atoms with Crippen molar-refractivity contribution in [3.63, 3.8) is 0 Å². The minimum Gasteiger partial charge on any atom is -0.481 e. The van der Waals surface area contributed by atoms with E-state index >= 15 is 0 Å². The smallest absolute Gasteiger partial charge is 0.304 e. The van der Waals surface area contributed by atoms with Crippen molar-refractivity contribution in [1.29, 1.82) is 0 Å². The maximum absolute atomic E-state index is 12.7. The van der Waals surface area contributed by atoms with Crippen LogP contribution in [0.2, 0.25) is 5.02 Å². The molecular formula is C17H20ClNO3. The van der Waals surface area contributed by atoms with Crippen LogP contribution in [-0.4, -0.2) is 28.4 Å². The predicted molar refractivity (Wildman–Crippen MR) is 83.6 cm³/mol. The van der Waals surface area contributed by atoms with Gasteiger partial charge in [0.25, 0.3) is 0 Å². The Labute approximate surface area is 135 Å². The highest BCUT2D eigenvalue weighted by Gasteiger charge is 2.39. The van der Waals surface area contributed by atoms with Gasteiger partial charge in [0.15, 0.2) is 0 Å². The number of benzene rings is 1. The van der Waals surface area contributed by atoms with E-state index in [0.29, 0.717) is 17.4 Å². The summed E-state index contributed by atoms with van der Waals surface area (Å²) in [7, 11) is 0. The molecule has 3 rings (SSSR count). The van der Waals surface area contributed by atoms with Gasteiger partial charge in [0.1, 0.15) is 0 Å². The van der Waals surface area contributed by atoms with Crippen molar-refractivity contribution in [3.8, 4) is 0 Å². The van der Waals surface area contributed by atoms with E-state index in [1.807, 2.05) is 29.2 Å². The van der Waals surface area contributed by atoms with Gasteiger partial charge in [-0.3, -0.25) is 9.59 Å². The number of carbonyl (C=O) groups excluding carboxylic acids is 1. The van der Waals surface area contributed by atoms with Crippen molar-refractivity contribution in [3.05, 3.63) is 34.9 Å². The van der Waals surface area contributed by atoms with Crippen LogP contribution in [0.3, 0.4) is 0 Å². The number of carboxylic acids is 1. The highest BCUT2D eigenvalue weighted by atomic mass is 35.5. The Hall–Kier alpha value is -1.55. The molecule has 1 aromatic rings. The van der Waals surface area contributed by atoms with E-state index in [2.05, 4.69) is 0 Å². The van der Waals surface area contributed by atoms with Crippen molar-refractivity contribution in [2.45, 2.75) is 38.1 Å². The van der Waals surface area contributed by atoms with Gasteiger partial charge in [0.2, 0.25) is 5.91 Å². The Morgan fingerprint density at radius 3 is 2.45 bits per heavy atom. The van der Waals surface area contributed by atoms with Crippen LogP contribution in [0, 0.1) is 11.8 Å². The van der Waals surface area contributed by atoms with Crippen molar-refractivity contribution >= 4 is 23.5 Å². The van der Waals surface area contributed by atoms with Gasteiger partial charge in [0, 0.05) is 17.5 Å². The number of halogens is 1. The Balaban J connectivity index is 1.81. The summed E-state index contributed by atoms with van der Waals surface area (Å²) in [5, 5.41) is 9.68. The molecule has 1 aromatic carbocycles. The summed E-state index contributed by atoms with van der Waals surface area (Å²) >= 11 is 5.94. The number of likely N-dealkylation sites (tertiary alicyclic amines) is 1. The summed E-state index contributed by atoms with van der Waals surface area (Å²) in [6, 6.07) is 7.69. The molecule has 0 radical (unpaired) electrons. The summed E-state index contributed by atoms with van der Waals surface area (Å²) in [5.41, 5.74) is 1.09. The summed E-state index contributed by atoms with van der Waals surface area (Å²) in [4.78, 5) is 25.6. The fourth-order valence-corrected chi connectivity index (χ4v) is 3.38. The molecule has 2 fully saturated rings. The van der Waals surface area contributed by atoms with Gasteiger partial charge in [-0.2, -0.15) is 0 Å². The number of aliphatic carboxylic acids is 1. The van der Waals surface area contributed by atoms with Crippen LogP contribution in [0.1, 0.15) is 43.7 Å². The Bertz CT molecular complexity index is 568. The van der Waals surface area contributed by atoms with Gasteiger partial charge in [-0.05, 0) is 49.3 Å². The maximum Gasteiger partial charge on any atom is 0.304 e. The molecule has 2 aliphatic rings. The first-order valence-corrected chi connectivity index (χ1v) is 8.20. The van der Waals surface area contributed by atoms with E-state index in [1.54, 1.807) is 0 Å². The maximum atomic E-state index is 12.7. The van der Waals surface area contributed by atoms with E-state index in [9.17, 15) is 9.59 Å². The number of nitrogens with zero attached hydrogens (tertiary/aromatic N) is 1. The van der Waals surface area contributed by atoms with E-state index in [-0.39, 0.29) is 24.3 Å². The van der Waals surface area contributed by atoms with Crippen LogP contribution >= 0.6 is 11.6 Å². The first-order valence-electron chi connectivity index (χ1n) is 7.82. The van der Waals surface area contributed by atoms with Crippen LogP contribution in [0.15, 0.2) is 24.3 Å². The average molecular weight is 322 g/mol. The summed E-state index contributed by atoms with van der Waals surface area (Å²) < 4.78 is 0. The quantitative estimate of drug-likeness (QED) is 0.903. The first kappa shape index (κ1) is 15.3. The average Bonchev–Trinajstić information content (AvgIpc) is 3.28. The molecule has 0 spiro atoms. The first-order chi connectivity index (χ1) is 10.5. The van der Waals surface area contributed by atoms with Crippen LogP contribution in [0.5, 0.6) is 0 Å². The van der Waals surface area contributed by atoms with Gasteiger partial charge in [0.05, 0.1) is 12.5 Å². The largest absolute Gasteiger partial charge is 0.481 e. The molecule has 1 N–H and O–H groups in total. The van der Waals surface area contributed by atoms with Crippen molar-refractivity contribution in [2.24, 2.45) is 11.8 Å². The fraction of sp³-hybridized carbons (Fsp3) is 0.529. The molecule has 0 aromatic heterocycles. The van der Waals surface area contributed by atoms with Crippen LogP contribution in [-0.2, 0) is 9.59 Å². The summed E-state index contributed by atoms with van der Waals surface area (Å²) in [6.07, 6.45) is 3.73. The molecule has 118 valence electrons. The summed E-state index contributed by atoms with van der Waals surface area (Å²) in [6.45, 7) is 0.752. The monoisotopic (exact) mass is 321 g/mol. The molecule has 2 unspecified atom stereocenters. The Morgan fingerprint density at radius 1 is 1.18 bits per heavy atom. The van der Waals surface area contributed by atoms with Gasteiger partial charge in [-0.25, -0.2) is 0 Å². The normalized spacial score (nSPS) is 25.3. The highest BCUT2D eigenvalue weighted by molar-refractivity contribution is 6.30. The predicted octanol–water partition coefficient (Wildman–Crippen LogP) is 3.50. The number of carbonyl (C=O) groups is 2. The van der Waals surface area contributed by atoms with Crippen molar-refractivity contribution in [2.75, 3.05) is 6.54 Å². The second-order valence-corrected chi connectivity index (χ2v) is 6.81. The van der Waals surface area contributed by atoms with E-state index in [4.69, 9.17) is 16.7 Å². The molecule has 1 amide bonds. The zero-order valence-electron chi connectivity index (χ0n) is 12.4. The fourth-order valence-electron chi connectivity index (χ4n) is 3.25. The molecule has 22 heavy (non-hydrogen) atoms. The highest BCUT2D eigenvalue weighted by Crippen LogP contribution is 2.39. The third-order valence-electron chi connectivity index (χ3n) is 4.62. The number of rotatable bonds is 5. The topological polar surface area (TPSA) is 57.6 Å². The van der Waals surface area contributed by atoms with Crippen LogP contribution < -0.4 is 0 Å². The Kier molecular flexibility index (Phi) is 4.39. The SMILES string of the molecule is O=C(O)CC1CCC(c2ccc(Cl)cc2)N(CC2CC2)C1=O. The van der Waals surface area contributed by atoms with E-state index in [0.717, 1.165) is 18.5 Å². The number of carboxylic acid groups (broad SMARTS) is 1. The third-order valence-corrected chi connectivity index (χ3v) is 4.88. The van der Waals surface area contributed by atoms with Gasteiger partial charge in [-0.15, -0.1) is 0 Å². The zero-order valence-corrected chi connectivity index (χ0v) is 13.1. The van der Waals surface area contributed by atoms with Crippen LogP contribution in [0.25, 0.3) is 0 Å². The number of piperidine rings is 1. The molecule has 5 heteroatoms. The molecular weight excluding hydrogens is 302 g/mol. The molecule has 0 bridgehead atoms. The minimum atomic E-state index is -0.894. The molecule has 1 saturated carbocycles. The molecule has 2 atom stereocenters. The lowest BCUT2D eigenvalue weighted by molar-refractivity contribution is -0.149. The molecule has 4 nitrogen and oxygen atoms in total. The van der Waals surface area contributed by atoms with E-state index in [1.165, 1.54) is 12.8 Å². The van der Waals surface area contributed by atoms with Crippen LogP contribution in [0.4, 0.5) is 0 Å². The molecule has 1 heterocycles. The third kappa shape index (κ3) is 3.43. The standard InChI is InChI=1S/C17H20ClNO3/c18-14-6-3-12(4-7-14)15-8-5-13(9-16(20)21)17(22)19(15)10-11-1-2-11/h3-4,6-7,11,13,15H,1-2,5,8-10H2,(H,20,21). The molecule has 1 saturated heterocycles. The lowest BCUT2D eigenvalue weighted by atomic mass is 9.86. The lowest BCUT2D eigenvalue weighted by Gasteiger charge is -2.39. The van der Waals surface area contributed by atoms with Gasteiger partial charge >= 0.3 is 5.97 Å².